The molecule has 0 bridgehead atoms. The highest BCUT2D eigenvalue weighted by molar-refractivity contribution is 6.40. The van der Waals surface area contributed by atoms with Gasteiger partial charge < -0.3 is 4.74 Å². The van der Waals surface area contributed by atoms with Crippen LogP contribution in [0.4, 0.5) is 0 Å². The maximum Gasteiger partial charge on any atom is 0.162 e. The Bertz CT molecular complexity index is 720. The molecule has 8 heteroatoms. The average molecular weight is 419 g/mol. The van der Waals surface area contributed by atoms with Gasteiger partial charge in [0.15, 0.2) is 11.5 Å². The van der Waals surface area contributed by atoms with Gasteiger partial charge in [0.2, 0.25) is 0 Å². The molecule has 0 fully saturated rings. The summed E-state index contributed by atoms with van der Waals surface area (Å²) < 4.78 is 7.31. The topological polar surface area (TPSA) is 57.0 Å². The summed E-state index contributed by atoms with van der Waals surface area (Å²) in [5, 5.41) is 5.36. The molecule has 5 nitrogen and oxygen atoms in total. The zero-order valence-corrected chi connectivity index (χ0v) is 17.3. The molecule has 1 aromatic heterocycles. The fourth-order valence-electron chi connectivity index (χ4n) is 2.54. The molecule has 142 valence electrons. The molecule has 2 rings (SSSR count). The summed E-state index contributed by atoms with van der Waals surface area (Å²) in [5.74, 6) is 0.559. The maximum absolute atomic E-state index is 12.7. The molecule has 1 unspecified atom stereocenters. The van der Waals surface area contributed by atoms with Crippen molar-refractivity contribution < 1.29 is 9.53 Å². The number of aromatic nitrogens is 3. The first-order valence-electron chi connectivity index (χ1n) is 8.36. The van der Waals surface area contributed by atoms with E-state index in [1.165, 1.54) is 6.33 Å². The fourth-order valence-corrected chi connectivity index (χ4v) is 3.47. The molecule has 26 heavy (non-hydrogen) atoms. The lowest BCUT2D eigenvalue weighted by Gasteiger charge is -2.24. The van der Waals surface area contributed by atoms with Gasteiger partial charge in [-0.25, -0.2) is 9.67 Å². The van der Waals surface area contributed by atoms with Gasteiger partial charge >= 0.3 is 0 Å². The maximum atomic E-state index is 12.7. The molecule has 1 aromatic carbocycles. The average Bonchev–Trinajstić information content (AvgIpc) is 3.05. The molecule has 1 atom stereocenters. The Kier molecular flexibility index (Phi) is 7.33. The minimum atomic E-state index is -0.447. The Morgan fingerprint density at radius 2 is 1.85 bits per heavy atom. The van der Waals surface area contributed by atoms with Gasteiger partial charge in [-0.15, -0.1) is 0 Å². The van der Waals surface area contributed by atoms with Crippen molar-refractivity contribution in [1.29, 1.82) is 0 Å². The quantitative estimate of drug-likeness (QED) is 0.520. The number of hydrogen-bond donors (Lipinski definition) is 0. The predicted octanol–water partition coefficient (Wildman–Crippen LogP) is 5.64. The van der Waals surface area contributed by atoms with Gasteiger partial charge in [0, 0.05) is 10.4 Å². The number of hydrogen-bond acceptors (Lipinski definition) is 4. The van der Waals surface area contributed by atoms with Crippen molar-refractivity contribution in [2.45, 2.75) is 46.1 Å². The van der Waals surface area contributed by atoms with Crippen LogP contribution >= 0.6 is 34.8 Å². The van der Waals surface area contributed by atoms with E-state index in [1.54, 1.807) is 23.1 Å². The van der Waals surface area contributed by atoms with Crippen molar-refractivity contribution in [2.75, 3.05) is 6.61 Å². The van der Waals surface area contributed by atoms with E-state index < -0.39 is 5.41 Å². The highest BCUT2D eigenvalue weighted by Gasteiger charge is 2.31. The van der Waals surface area contributed by atoms with Crippen molar-refractivity contribution in [3.05, 3.63) is 39.9 Å². The van der Waals surface area contributed by atoms with E-state index >= 15 is 0 Å². The number of carbonyl (C=O) groups is 1. The summed E-state index contributed by atoms with van der Waals surface area (Å²) in [7, 11) is 0. The summed E-state index contributed by atoms with van der Waals surface area (Å²) in [6.45, 7) is 6.17. The molecule has 0 radical (unpaired) electrons. The second-order valence-corrected chi connectivity index (χ2v) is 8.30. The SMILES string of the molecule is CC(C)(C)C(=O)C(CCCCOc1c(Cl)cc(Cl)cc1Cl)n1cncn1. The number of ether oxygens (including phenoxy) is 1. The number of unbranched alkanes of at least 4 members (excludes halogenated alkanes) is 1. The largest absolute Gasteiger partial charge is 0.490 e. The Balaban J connectivity index is 1.90. The van der Waals surface area contributed by atoms with Crippen LogP contribution in [0.15, 0.2) is 24.8 Å². The predicted molar refractivity (Wildman–Crippen MR) is 104 cm³/mol. The molecule has 1 heterocycles. The number of halogens is 3. The van der Waals surface area contributed by atoms with Crippen molar-refractivity contribution >= 4 is 40.6 Å². The smallest absolute Gasteiger partial charge is 0.162 e. The van der Waals surface area contributed by atoms with Crippen LogP contribution in [0.25, 0.3) is 0 Å². The minimum absolute atomic E-state index is 0.132. The van der Waals surface area contributed by atoms with Crippen molar-refractivity contribution in [2.24, 2.45) is 5.41 Å². The van der Waals surface area contributed by atoms with Gasteiger partial charge in [-0.2, -0.15) is 5.10 Å². The fraction of sp³-hybridized carbons (Fsp3) is 0.500. The molecule has 0 aliphatic carbocycles. The first-order chi connectivity index (χ1) is 12.2. The monoisotopic (exact) mass is 417 g/mol. The van der Waals surface area contributed by atoms with Crippen molar-refractivity contribution in [3.8, 4) is 5.75 Å². The van der Waals surface area contributed by atoms with E-state index in [4.69, 9.17) is 39.5 Å². The highest BCUT2D eigenvalue weighted by Crippen LogP contribution is 2.36. The molecule has 0 saturated heterocycles. The van der Waals surface area contributed by atoms with Crippen LogP contribution in [0, 0.1) is 5.41 Å². The Hall–Kier alpha value is -1.30. The first-order valence-corrected chi connectivity index (χ1v) is 9.49. The number of carbonyl (C=O) groups excluding carboxylic acids is 1. The summed E-state index contributed by atoms with van der Waals surface area (Å²) in [5.41, 5.74) is -0.447. The van der Waals surface area contributed by atoms with Crippen LogP contribution in [-0.2, 0) is 4.79 Å². The molecule has 0 amide bonds. The molecular weight excluding hydrogens is 397 g/mol. The number of ketones is 1. The van der Waals surface area contributed by atoms with Crippen LogP contribution in [0.3, 0.4) is 0 Å². The highest BCUT2D eigenvalue weighted by atomic mass is 35.5. The number of benzene rings is 1. The molecule has 2 aromatic rings. The molecular formula is C18H22Cl3N3O2. The van der Waals surface area contributed by atoms with E-state index in [0.717, 1.165) is 12.8 Å². The van der Waals surface area contributed by atoms with E-state index in [2.05, 4.69) is 10.1 Å². The normalized spacial score (nSPS) is 12.8. The third kappa shape index (κ3) is 5.60. The summed E-state index contributed by atoms with van der Waals surface area (Å²) in [6.07, 6.45) is 5.21. The third-order valence-electron chi connectivity index (χ3n) is 3.88. The van der Waals surface area contributed by atoms with Crippen molar-refractivity contribution in [3.63, 3.8) is 0 Å². The number of Topliss-reactive ketones (excluding diaryl/α,β-unsaturated/α-hetero) is 1. The van der Waals surface area contributed by atoms with E-state index in [0.29, 0.717) is 33.8 Å². The van der Waals surface area contributed by atoms with Gasteiger partial charge in [0.1, 0.15) is 18.7 Å². The van der Waals surface area contributed by atoms with Crippen molar-refractivity contribution in [1.82, 2.24) is 14.8 Å². The molecule has 0 spiro atoms. The first kappa shape index (κ1) is 21.0. The van der Waals surface area contributed by atoms with Crippen LogP contribution < -0.4 is 4.74 Å². The lowest BCUT2D eigenvalue weighted by Crippen LogP contribution is -2.31. The summed E-state index contributed by atoms with van der Waals surface area (Å²) in [6, 6.07) is 2.85. The summed E-state index contributed by atoms with van der Waals surface area (Å²) in [4.78, 5) is 16.7. The second kappa shape index (κ2) is 9.07. The van der Waals surface area contributed by atoms with E-state index in [-0.39, 0.29) is 11.8 Å². The second-order valence-electron chi connectivity index (χ2n) is 7.05. The van der Waals surface area contributed by atoms with Gasteiger partial charge in [-0.05, 0) is 31.4 Å². The molecule has 0 saturated carbocycles. The Labute approximate surface area is 168 Å². The Morgan fingerprint density at radius 1 is 1.19 bits per heavy atom. The van der Waals surface area contributed by atoms with Crippen LogP contribution in [0.2, 0.25) is 15.1 Å². The third-order valence-corrected chi connectivity index (χ3v) is 4.66. The van der Waals surface area contributed by atoms with E-state index in [1.807, 2.05) is 20.8 Å². The van der Waals surface area contributed by atoms with Gasteiger partial charge in [-0.3, -0.25) is 4.79 Å². The zero-order chi connectivity index (χ0) is 19.3. The van der Waals surface area contributed by atoms with Crippen LogP contribution in [0.1, 0.15) is 46.1 Å². The minimum Gasteiger partial charge on any atom is -0.490 e. The standard InChI is InChI=1S/C18H22Cl3N3O2/c1-18(2,3)17(25)15(24-11-22-10-23-24)6-4-5-7-26-16-13(20)8-12(19)9-14(16)21/h8-11,15H,4-7H2,1-3H3. The zero-order valence-electron chi connectivity index (χ0n) is 15.0. The molecule has 0 aliphatic heterocycles. The molecule has 0 N–H and O–H groups in total. The summed E-state index contributed by atoms with van der Waals surface area (Å²) >= 11 is 18.1. The van der Waals surface area contributed by atoms with Crippen LogP contribution in [0.5, 0.6) is 5.75 Å². The van der Waals surface area contributed by atoms with Crippen LogP contribution in [-0.4, -0.2) is 27.2 Å². The molecule has 0 aliphatic rings. The van der Waals surface area contributed by atoms with Gasteiger partial charge in [0.05, 0.1) is 16.7 Å². The Morgan fingerprint density at radius 3 is 2.38 bits per heavy atom. The lowest BCUT2D eigenvalue weighted by atomic mass is 9.85. The van der Waals surface area contributed by atoms with Gasteiger partial charge in [-0.1, -0.05) is 55.6 Å². The number of rotatable bonds is 8. The lowest BCUT2D eigenvalue weighted by molar-refractivity contribution is -0.130. The van der Waals surface area contributed by atoms with Gasteiger partial charge in [0.25, 0.3) is 0 Å². The van der Waals surface area contributed by atoms with E-state index in [9.17, 15) is 4.79 Å². The number of nitrogens with zero attached hydrogens (tertiary/aromatic N) is 3.